The van der Waals surface area contributed by atoms with Crippen molar-refractivity contribution >= 4 is 22.2 Å². The minimum Gasteiger partial charge on any atom is -0.330 e. The third-order valence-electron chi connectivity index (χ3n) is 2.57. The molecule has 0 amide bonds. The number of anilines is 2. The molecule has 0 atom stereocenters. The predicted molar refractivity (Wildman–Crippen MR) is 70.6 cm³/mol. The molecule has 0 saturated carbocycles. The van der Waals surface area contributed by atoms with E-state index in [9.17, 15) is 4.39 Å². The van der Waals surface area contributed by atoms with Gasteiger partial charge in [0.2, 0.25) is 0 Å². The molecule has 92 valence electrons. The molecule has 3 nitrogen and oxygen atoms in total. The molecule has 1 aromatic carbocycles. The number of aromatic nitrogens is 1. The Bertz CT molecular complexity index is 613. The Morgan fingerprint density at radius 1 is 1.50 bits per heavy atom. The smallest absolute Gasteiger partial charge is 0.187 e. The van der Waals surface area contributed by atoms with Gasteiger partial charge in [0.25, 0.3) is 0 Å². The summed E-state index contributed by atoms with van der Waals surface area (Å²) < 4.78 is 13.0. The van der Waals surface area contributed by atoms with Crippen molar-refractivity contribution in [3.05, 3.63) is 40.2 Å². The number of hydrogen-bond acceptors (Lipinski definition) is 4. The fourth-order valence-corrected chi connectivity index (χ4v) is 2.56. The molecule has 1 heterocycles. The van der Waals surface area contributed by atoms with Crippen LogP contribution in [0.1, 0.15) is 23.1 Å². The molecule has 0 spiro atoms. The number of benzene rings is 1. The topological polar surface area (TPSA) is 48.7 Å². The van der Waals surface area contributed by atoms with Gasteiger partial charge in [0.15, 0.2) is 5.13 Å². The van der Waals surface area contributed by atoms with Crippen LogP contribution in [0.15, 0.2) is 18.2 Å². The Hall–Kier alpha value is -1.93. The van der Waals surface area contributed by atoms with Crippen LogP contribution in [0.3, 0.4) is 0 Å². The monoisotopic (exact) mass is 261 g/mol. The van der Waals surface area contributed by atoms with Gasteiger partial charge in [-0.15, -0.1) is 11.3 Å². The zero-order chi connectivity index (χ0) is 13.1. The molecular weight excluding hydrogens is 249 g/mol. The molecule has 0 aliphatic rings. The van der Waals surface area contributed by atoms with Crippen LogP contribution in [-0.4, -0.2) is 4.98 Å². The van der Waals surface area contributed by atoms with Crippen molar-refractivity contribution < 1.29 is 4.39 Å². The minimum atomic E-state index is -0.415. The number of nitrogens with one attached hydrogen (secondary N) is 1. The van der Waals surface area contributed by atoms with E-state index in [-0.39, 0.29) is 5.56 Å². The van der Waals surface area contributed by atoms with E-state index in [1.54, 1.807) is 6.07 Å². The molecule has 0 aliphatic carbocycles. The summed E-state index contributed by atoms with van der Waals surface area (Å²) in [6.45, 7) is 4.06. The summed E-state index contributed by atoms with van der Waals surface area (Å²) in [5.41, 5.74) is 1.90. The molecule has 2 aromatic rings. The third-order valence-corrected chi connectivity index (χ3v) is 3.50. The summed E-state index contributed by atoms with van der Waals surface area (Å²) in [4.78, 5) is 5.58. The van der Waals surface area contributed by atoms with Crippen molar-refractivity contribution in [3.8, 4) is 6.07 Å². The summed E-state index contributed by atoms with van der Waals surface area (Å²) in [5.74, 6) is -0.415. The number of halogens is 1. The second-order valence-electron chi connectivity index (χ2n) is 3.80. The Morgan fingerprint density at radius 2 is 2.28 bits per heavy atom. The molecule has 0 unspecified atom stereocenters. The zero-order valence-corrected chi connectivity index (χ0v) is 10.9. The molecule has 18 heavy (non-hydrogen) atoms. The minimum absolute atomic E-state index is 0.279. The van der Waals surface area contributed by atoms with Gasteiger partial charge < -0.3 is 5.32 Å². The summed E-state index contributed by atoms with van der Waals surface area (Å²) in [6.07, 6.45) is 0.874. The van der Waals surface area contributed by atoms with Gasteiger partial charge in [0, 0.05) is 4.88 Å². The summed E-state index contributed by atoms with van der Waals surface area (Å²) >= 11 is 1.53. The summed E-state index contributed by atoms with van der Waals surface area (Å²) in [7, 11) is 0. The lowest BCUT2D eigenvalue weighted by Crippen LogP contribution is -1.94. The van der Waals surface area contributed by atoms with E-state index in [1.807, 2.05) is 19.9 Å². The number of thiazole rings is 1. The average Bonchev–Trinajstić information content (AvgIpc) is 2.71. The highest BCUT2D eigenvalue weighted by Gasteiger charge is 2.09. The lowest BCUT2D eigenvalue weighted by atomic mass is 10.2. The number of nitriles is 1. The zero-order valence-electron chi connectivity index (χ0n) is 10.1. The molecule has 0 radical (unpaired) electrons. The highest BCUT2D eigenvalue weighted by Crippen LogP contribution is 2.27. The van der Waals surface area contributed by atoms with Crippen molar-refractivity contribution in [2.24, 2.45) is 0 Å². The number of nitrogens with zero attached hydrogens (tertiary/aromatic N) is 2. The van der Waals surface area contributed by atoms with Crippen LogP contribution in [0.25, 0.3) is 0 Å². The maximum atomic E-state index is 13.0. The fourth-order valence-electron chi connectivity index (χ4n) is 1.64. The Labute approximate surface area is 109 Å². The first-order valence-corrected chi connectivity index (χ1v) is 6.38. The van der Waals surface area contributed by atoms with E-state index in [0.717, 1.165) is 22.1 Å². The van der Waals surface area contributed by atoms with Gasteiger partial charge in [0.1, 0.15) is 11.9 Å². The van der Waals surface area contributed by atoms with Gasteiger partial charge in [0.05, 0.1) is 16.9 Å². The van der Waals surface area contributed by atoms with E-state index in [0.29, 0.717) is 5.69 Å². The normalized spacial score (nSPS) is 10.1. The van der Waals surface area contributed by atoms with E-state index in [1.165, 1.54) is 23.5 Å². The van der Waals surface area contributed by atoms with Gasteiger partial charge in [-0.25, -0.2) is 9.37 Å². The maximum absolute atomic E-state index is 13.0. The molecular formula is C13H12FN3S. The number of rotatable bonds is 3. The van der Waals surface area contributed by atoms with E-state index >= 15 is 0 Å². The second-order valence-corrected chi connectivity index (χ2v) is 5.01. The van der Waals surface area contributed by atoms with Gasteiger partial charge in [-0.3, -0.25) is 0 Å². The quantitative estimate of drug-likeness (QED) is 0.915. The highest BCUT2D eigenvalue weighted by atomic mass is 32.1. The van der Waals surface area contributed by atoms with Gasteiger partial charge >= 0.3 is 0 Å². The lowest BCUT2D eigenvalue weighted by Gasteiger charge is -2.04. The molecule has 0 bridgehead atoms. The van der Waals surface area contributed by atoms with Crippen LogP contribution in [0.5, 0.6) is 0 Å². The molecule has 0 saturated heterocycles. The van der Waals surface area contributed by atoms with Crippen LogP contribution >= 0.6 is 11.3 Å². The van der Waals surface area contributed by atoms with Gasteiger partial charge in [-0.2, -0.15) is 5.26 Å². The Kier molecular flexibility index (Phi) is 3.58. The average molecular weight is 261 g/mol. The van der Waals surface area contributed by atoms with Crippen molar-refractivity contribution in [2.75, 3.05) is 5.32 Å². The molecule has 1 N–H and O–H groups in total. The molecule has 0 aliphatic heterocycles. The molecule has 5 heteroatoms. The van der Waals surface area contributed by atoms with Gasteiger partial charge in [-0.05, 0) is 31.5 Å². The summed E-state index contributed by atoms with van der Waals surface area (Å²) in [6, 6.07) is 6.05. The molecule has 1 aromatic heterocycles. The maximum Gasteiger partial charge on any atom is 0.187 e. The van der Waals surface area contributed by atoms with Crippen molar-refractivity contribution in [2.45, 2.75) is 20.3 Å². The fraction of sp³-hybridized carbons (Fsp3) is 0.231. The molecule has 2 rings (SSSR count). The second kappa shape index (κ2) is 5.15. The Balaban J connectivity index is 2.31. The predicted octanol–water partition coefficient (Wildman–Crippen LogP) is 3.77. The molecule has 0 fully saturated rings. The van der Waals surface area contributed by atoms with Crippen LogP contribution in [0.4, 0.5) is 15.2 Å². The van der Waals surface area contributed by atoms with Crippen LogP contribution in [0.2, 0.25) is 0 Å². The SMILES string of the molecule is CCc1nc(Nc2ccc(F)cc2C#N)sc1C. The Morgan fingerprint density at radius 3 is 2.89 bits per heavy atom. The number of hydrogen-bond donors (Lipinski definition) is 1. The first kappa shape index (κ1) is 12.5. The highest BCUT2D eigenvalue weighted by molar-refractivity contribution is 7.15. The van der Waals surface area contributed by atoms with E-state index < -0.39 is 5.82 Å². The first-order valence-electron chi connectivity index (χ1n) is 5.57. The van der Waals surface area contributed by atoms with Crippen molar-refractivity contribution in [3.63, 3.8) is 0 Å². The van der Waals surface area contributed by atoms with Crippen molar-refractivity contribution in [1.82, 2.24) is 4.98 Å². The summed E-state index contributed by atoms with van der Waals surface area (Å²) in [5, 5.41) is 12.7. The van der Waals surface area contributed by atoms with Crippen LogP contribution in [0, 0.1) is 24.1 Å². The number of aryl methyl sites for hydroxylation is 2. The van der Waals surface area contributed by atoms with Crippen molar-refractivity contribution in [1.29, 1.82) is 5.26 Å². The van der Waals surface area contributed by atoms with E-state index in [4.69, 9.17) is 5.26 Å². The third kappa shape index (κ3) is 2.49. The van der Waals surface area contributed by atoms with Gasteiger partial charge in [-0.1, -0.05) is 6.92 Å². The van der Waals surface area contributed by atoms with E-state index in [2.05, 4.69) is 10.3 Å². The standard InChI is InChI=1S/C13H12FN3S/c1-3-11-8(2)18-13(16-11)17-12-5-4-10(14)6-9(12)7-15/h4-6H,3H2,1-2H3,(H,16,17). The van der Waals surface area contributed by atoms with Crippen LogP contribution in [-0.2, 0) is 6.42 Å². The largest absolute Gasteiger partial charge is 0.330 e. The first-order chi connectivity index (χ1) is 8.63. The van der Waals surface area contributed by atoms with Crippen LogP contribution < -0.4 is 5.32 Å². The lowest BCUT2D eigenvalue weighted by molar-refractivity contribution is 0.627.